The molecule has 19 heavy (non-hydrogen) atoms. The van der Waals surface area contributed by atoms with E-state index >= 15 is 0 Å². The monoisotopic (exact) mass is 258 g/mol. The number of rotatable bonds is 6. The van der Waals surface area contributed by atoms with Crippen LogP contribution in [0, 0.1) is 5.41 Å². The maximum atomic E-state index is 6.17. The second kappa shape index (κ2) is 5.96. The summed E-state index contributed by atoms with van der Waals surface area (Å²) in [5.41, 5.74) is 11.5. The van der Waals surface area contributed by atoms with Gasteiger partial charge in [0.25, 0.3) is 0 Å². The van der Waals surface area contributed by atoms with E-state index in [1.165, 1.54) is 5.56 Å². The molecule has 0 saturated heterocycles. The fourth-order valence-electron chi connectivity index (χ4n) is 2.10. The Balaban J connectivity index is 3.24. The van der Waals surface area contributed by atoms with E-state index in [4.69, 9.17) is 5.73 Å². The minimum absolute atomic E-state index is 0.0569. The number of hydrogen-bond acceptors (Lipinski definition) is 2. The van der Waals surface area contributed by atoms with Crippen LogP contribution in [0.3, 0.4) is 0 Å². The molecule has 0 bridgehead atoms. The van der Waals surface area contributed by atoms with Crippen molar-refractivity contribution in [1.29, 1.82) is 0 Å². The lowest BCUT2D eigenvalue weighted by Gasteiger charge is -2.23. The van der Waals surface area contributed by atoms with Crippen molar-refractivity contribution in [2.75, 3.05) is 18.1 Å². The highest BCUT2D eigenvalue weighted by atomic mass is 14.8. The zero-order chi connectivity index (χ0) is 14.6. The summed E-state index contributed by atoms with van der Waals surface area (Å²) < 4.78 is 0. The van der Waals surface area contributed by atoms with Crippen LogP contribution in [-0.2, 0) is 6.42 Å². The van der Waals surface area contributed by atoms with Crippen LogP contribution in [0.25, 0.3) is 5.57 Å². The van der Waals surface area contributed by atoms with Gasteiger partial charge in [-0.05, 0) is 41.5 Å². The number of benzene rings is 1. The number of nitrogen functional groups attached to an aromatic ring is 1. The molecule has 1 rings (SSSR count). The average molecular weight is 258 g/mol. The molecular formula is C17H26N2. The van der Waals surface area contributed by atoms with Crippen molar-refractivity contribution in [3.63, 3.8) is 0 Å². The smallest absolute Gasteiger partial charge is 0.0394 e. The van der Waals surface area contributed by atoms with E-state index in [9.17, 15) is 0 Å². The molecule has 2 nitrogen and oxygen atoms in total. The van der Waals surface area contributed by atoms with Crippen LogP contribution >= 0.6 is 0 Å². The van der Waals surface area contributed by atoms with Gasteiger partial charge in [0.2, 0.25) is 0 Å². The van der Waals surface area contributed by atoms with Crippen LogP contribution < -0.4 is 11.1 Å². The number of hydrogen-bond donors (Lipinski definition) is 2. The summed E-state index contributed by atoms with van der Waals surface area (Å²) in [5.74, 6) is 0. The summed E-state index contributed by atoms with van der Waals surface area (Å²) >= 11 is 0. The topological polar surface area (TPSA) is 38.0 Å². The molecule has 0 aliphatic heterocycles. The van der Waals surface area contributed by atoms with Gasteiger partial charge in [0, 0.05) is 24.0 Å². The van der Waals surface area contributed by atoms with Gasteiger partial charge in [0.15, 0.2) is 0 Å². The normalized spacial score (nSPS) is 11.2. The van der Waals surface area contributed by atoms with Crippen molar-refractivity contribution in [2.45, 2.75) is 33.6 Å². The lowest BCUT2D eigenvalue weighted by atomic mass is 9.84. The van der Waals surface area contributed by atoms with Crippen LogP contribution in [0.2, 0.25) is 0 Å². The van der Waals surface area contributed by atoms with E-state index in [1.54, 1.807) is 0 Å². The summed E-state index contributed by atoms with van der Waals surface area (Å²) in [4.78, 5) is 0. The first-order chi connectivity index (χ1) is 8.84. The highest BCUT2D eigenvalue weighted by Gasteiger charge is 2.17. The lowest BCUT2D eigenvalue weighted by Crippen LogP contribution is -2.13. The minimum Gasteiger partial charge on any atom is -0.398 e. The predicted octanol–water partition coefficient (Wildman–Crippen LogP) is 4.49. The van der Waals surface area contributed by atoms with Gasteiger partial charge in [0.1, 0.15) is 0 Å². The molecule has 0 spiro atoms. The Hall–Kier alpha value is -1.70. The number of nitrogens with one attached hydrogen (secondary N) is 1. The molecule has 0 saturated carbocycles. The van der Waals surface area contributed by atoms with Crippen LogP contribution in [0.4, 0.5) is 11.4 Å². The molecule has 0 fully saturated rings. The van der Waals surface area contributed by atoms with Gasteiger partial charge >= 0.3 is 0 Å². The van der Waals surface area contributed by atoms with Gasteiger partial charge in [-0.1, -0.05) is 33.4 Å². The van der Waals surface area contributed by atoms with Crippen LogP contribution in [0.5, 0.6) is 0 Å². The van der Waals surface area contributed by atoms with Crippen molar-refractivity contribution >= 4 is 16.9 Å². The average Bonchev–Trinajstić information content (AvgIpc) is 2.37. The van der Waals surface area contributed by atoms with E-state index in [-0.39, 0.29) is 5.41 Å². The molecule has 0 unspecified atom stereocenters. The molecule has 104 valence electrons. The van der Waals surface area contributed by atoms with Gasteiger partial charge in [-0.15, -0.1) is 6.58 Å². The fourth-order valence-corrected chi connectivity index (χ4v) is 2.10. The molecule has 1 aromatic rings. The quantitative estimate of drug-likeness (QED) is 0.583. The van der Waals surface area contributed by atoms with Gasteiger partial charge in [0.05, 0.1) is 0 Å². The van der Waals surface area contributed by atoms with Gasteiger partial charge < -0.3 is 11.1 Å². The molecule has 3 N–H and O–H groups in total. The third-order valence-electron chi connectivity index (χ3n) is 3.55. The summed E-state index contributed by atoms with van der Waals surface area (Å²) in [6.07, 6.45) is 3.81. The Morgan fingerprint density at radius 3 is 2.53 bits per heavy atom. The summed E-state index contributed by atoms with van der Waals surface area (Å²) in [5, 5.41) is 3.26. The predicted molar refractivity (Wildman–Crippen MR) is 87.4 cm³/mol. The summed E-state index contributed by atoms with van der Waals surface area (Å²) in [6.45, 7) is 14.4. The Morgan fingerprint density at radius 2 is 2.05 bits per heavy atom. The van der Waals surface area contributed by atoms with Crippen LogP contribution in [-0.4, -0.2) is 7.05 Å². The molecule has 0 aromatic heterocycles. The van der Waals surface area contributed by atoms with Crippen molar-refractivity contribution in [3.05, 3.63) is 42.5 Å². The van der Waals surface area contributed by atoms with Crippen molar-refractivity contribution in [3.8, 4) is 0 Å². The molecule has 0 radical (unpaired) electrons. The van der Waals surface area contributed by atoms with E-state index in [2.05, 4.69) is 51.4 Å². The minimum atomic E-state index is 0.0569. The SMILES string of the molecule is C=CC(C)(C)Cc1cc(N)c(C(=C)CC)cc1NC. The van der Waals surface area contributed by atoms with E-state index < -0.39 is 0 Å². The second-order valence-electron chi connectivity index (χ2n) is 5.67. The number of anilines is 2. The third-order valence-corrected chi connectivity index (χ3v) is 3.55. The van der Waals surface area contributed by atoms with E-state index in [0.717, 1.165) is 35.4 Å². The van der Waals surface area contributed by atoms with E-state index in [1.807, 2.05) is 13.1 Å². The maximum absolute atomic E-state index is 6.17. The van der Waals surface area contributed by atoms with Crippen molar-refractivity contribution < 1.29 is 0 Å². The molecule has 0 amide bonds. The van der Waals surface area contributed by atoms with Gasteiger partial charge in [-0.3, -0.25) is 0 Å². The van der Waals surface area contributed by atoms with E-state index in [0.29, 0.717) is 0 Å². The molecule has 0 aliphatic carbocycles. The molecule has 1 aromatic carbocycles. The highest BCUT2D eigenvalue weighted by Crippen LogP contribution is 2.33. The third kappa shape index (κ3) is 3.63. The first-order valence-electron chi connectivity index (χ1n) is 6.76. The molecular weight excluding hydrogens is 232 g/mol. The molecule has 2 heteroatoms. The standard InChI is InChI=1S/C17H26N2/c1-7-12(3)14-10-16(19-6)13(9-15(14)18)11-17(4,5)8-2/h8-10,19H,2-3,7,11,18H2,1,4-6H3. The molecule has 0 aliphatic rings. The van der Waals surface area contributed by atoms with Gasteiger partial charge in [-0.2, -0.15) is 0 Å². The van der Waals surface area contributed by atoms with Crippen molar-refractivity contribution in [1.82, 2.24) is 0 Å². The second-order valence-corrected chi connectivity index (χ2v) is 5.67. The molecule has 0 atom stereocenters. The number of allylic oxidation sites excluding steroid dienone is 2. The highest BCUT2D eigenvalue weighted by molar-refractivity contribution is 5.78. The van der Waals surface area contributed by atoms with Crippen LogP contribution in [0.15, 0.2) is 31.4 Å². The van der Waals surface area contributed by atoms with Crippen LogP contribution in [0.1, 0.15) is 38.3 Å². The zero-order valence-corrected chi connectivity index (χ0v) is 12.6. The summed E-state index contributed by atoms with van der Waals surface area (Å²) in [6, 6.07) is 4.17. The Bertz CT molecular complexity index is 484. The lowest BCUT2D eigenvalue weighted by molar-refractivity contribution is 0.480. The summed E-state index contributed by atoms with van der Waals surface area (Å²) in [7, 11) is 1.94. The first-order valence-corrected chi connectivity index (χ1v) is 6.76. The first kappa shape index (κ1) is 15.4. The van der Waals surface area contributed by atoms with Gasteiger partial charge in [-0.25, -0.2) is 0 Å². The molecule has 0 heterocycles. The zero-order valence-electron chi connectivity index (χ0n) is 12.6. The maximum Gasteiger partial charge on any atom is 0.0394 e. The number of nitrogens with two attached hydrogens (primary N) is 1. The fraction of sp³-hybridized carbons (Fsp3) is 0.412. The Kier molecular flexibility index (Phi) is 4.82. The Labute approximate surface area is 117 Å². The largest absolute Gasteiger partial charge is 0.398 e. The van der Waals surface area contributed by atoms with Crippen molar-refractivity contribution in [2.24, 2.45) is 5.41 Å². The Morgan fingerprint density at radius 1 is 1.42 bits per heavy atom.